The van der Waals surface area contributed by atoms with Gasteiger partial charge in [0.2, 0.25) is 0 Å². The Morgan fingerprint density at radius 2 is 2.26 bits per heavy atom. The van der Waals surface area contributed by atoms with Gasteiger partial charge < -0.3 is 20.1 Å². The maximum atomic E-state index is 12.5. The summed E-state index contributed by atoms with van der Waals surface area (Å²) in [6, 6.07) is 5.29. The maximum absolute atomic E-state index is 12.5. The molecule has 0 saturated heterocycles. The van der Waals surface area contributed by atoms with Gasteiger partial charge in [0.05, 0.1) is 13.7 Å². The molecule has 3 rings (SSSR count). The smallest absolute Gasteiger partial charge is 0.276 e. The topological polar surface area (TPSA) is 88.3 Å². The number of H-pyrrole nitrogens is 1. The Morgan fingerprint density at radius 1 is 1.39 bits per heavy atom. The van der Waals surface area contributed by atoms with Gasteiger partial charge >= 0.3 is 0 Å². The van der Waals surface area contributed by atoms with Crippen molar-refractivity contribution in [2.24, 2.45) is 0 Å². The van der Waals surface area contributed by atoms with Crippen LogP contribution in [0.2, 0.25) is 0 Å². The summed E-state index contributed by atoms with van der Waals surface area (Å²) in [6.07, 6.45) is 0.854. The lowest BCUT2D eigenvalue weighted by atomic mass is 10.1. The van der Waals surface area contributed by atoms with Crippen molar-refractivity contribution < 1.29 is 14.3 Å². The summed E-state index contributed by atoms with van der Waals surface area (Å²) >= 11 is 0. The average Bonchev–Trinajstić information content (AvgIpc) is 2.99. The van der Waals surface area contributed by atoms with Crippen LogP contribution in [-0.2, 0) is 13.0 Å². The Labute approximate surface area is 134 Å². The quantitative estimate of drug-likeness (QED) is 0.781. The molecule has 0 aliphatic carbocycles. The van der Waals surface area contributed by atoms with E-state index in [-0.39, 0.29) is 5.91 Å². The van der Waals surface area contributed by atoms with Gasteiger partial charge in [-0.15, -0.1) is 0 Å². The molecule has 0 spiro atoms. The minimum absolute atomic E-state index is 0.237. The highest BCUT2D eigenvalue weighted by Gasteiger charge is 2.21. The first-order valence-electron chi connectivity index (χ1n) is 7.62. The molecular weight excluding hydrogens is 296 g/mol. The summed E-state index contributed by atoms with van der Waals surface area (Å²) < 4.78 is 10.8. The van der Waals surface area contributed by atoms with E-state index in [1.54, 1.807) is 25.3 Å². The number of fused-ring (bicyclic) bond motifs is 1. The molecule has 0 atom stereocenters. The van der Waals surface area contributed by atoms with Crippen LogP contribution >= 0.6 is 0 Å². The summed E-state index contributed by atoms with van der Waals surface area (Å²) in [5.74, 6) is 0.989. The van der Waals surface area contributed by atoms with Gasteiger partial charge in [-0.05, 0) is 19.1 Å². The first kappa shape index (κ1) is 15.4. The van der Waals surface area contributed by atoms with Gasteiger partial charge in [0.1, 0.15) is 0 Å². The highest BCUT2D eigenvalue weighted by Crippen LogP contribution is 2.30. The first-order valence-corrected chi connectivity index (χ1v) is 7.62. The predicted molar refractivity (Wildman–Crippen MR) is 86.1 cm³/mol. The number of nitrogens with zero attached hydrogens (tertiary/aromatic N) is 1. The Balaban J connectivity index is 1.80. The van der Waals surface area contributed by atoms with Crippen LogP contribution in [0.25, 0.3) is 0 Å². The van der Waals surface area contributed by atoms with E-state index in [0.717, 1.165) is 24.2 Å². The molecule has 1 amide bonds. The largest absolute Gasteiger partial charge is 0.493 e. The van der Waals surface area contributed by atoms with Crippen LogP contribution in [0.1, 0.15) is 28.7 Å². The second kappa shape index (κ2) is 6.70. The highest BCUT2D eigenvalue weighted by molar-refractivity contribution is 6.04. The lowest BCUT2D eigenvalue weighted by molar-refractivity contribution is 0.102. The fraction of sp³-hybridized carbons (Fsp3) is 0.375. The van der Waals surface area contributed by atoms with Crippen LogP contribution in [0.3, 0.4) is 0 Å². The molecule has 7 nitrogen and oxygen atoms in total. The third-order valence-corrected chi connectivity index (χ3v) is 3.74. The molecule has 7 heteroatoms. The Kier molecular flexibility index (Phi) is 4.47. The molecule has 1 aromatic carbocycles. The van der Waals surface area contributed by atoms with Crippen LogP contribution in [-0.4, -0.2) is 36.4 Å². The molecule has 3 N–H and O–H groups in total. The van der Waals surface area contributed by atoms with Crippen molar-refractivity contribution in [3.05, 3.63) is 35.2 Å². The van der Waals surface area contributed by atoms with Crippen LogP contribution in [0.4, 0.5) is 5.69 Å². The van der Waals surface area contributed by atoms with Gasteiger partial charge in [-0.2, -0.15) is 5.10 Å². The summed E-state index contributed by atoms with van der Waals surface area (Å²) in [5, 5.41) is 13.2. The van der Waals surface area contributed by atoms with Crippen molar-refractivity contribution in [1.82, 2.24) is 15.5 Å². The number of carbonyl (C=O) groups excluding carboxylic acids is 1. The molecule has 1 aliphatic rings. The third-order valence-electron chi connectivity index (χ3n) is 3.74. The molecule has 0 saturated carbocycles. The van der Waals surface area contributed by atoms with Crippen LogP contribution < -0.4 is 20.1 Å². The fourth-order valence-electron chi connectivity index (χ4n) is 2.63. The number of aromatic nitrogens is 2. The molecule has 0 unspecified atom stereocenters. The molecule has 0 fully saturated rings. The van der Waals surface area contributed by atoms with E-state index in [4.69, 9.17) is 9.47 Å². The molecule has 2 aromatic rings. The van der Waals surface area contributed by atoms with E-state index >= 15 is 0 Å². The number of nitrogens with one attached hydrogen (secondary N) is 3. The molecule has 122 valence electrons. The number of amides is 1. The van der Waals surface area contributed by atoms with Crippen molar-refractivity contribution in [2.45, 2.75) is 19.9 Å². The lowest BCUT2D eigenvalue weighted by Gasteiger charge is -2.14. The zero-order valence-electron chi connectivity index (χ0n) is 13.2. The zero-order chi connectivity index (χ0) is 16.2. The van der Waals surface area contributed by atoms with Gasteiger partial charge in [-0.25, -0.2) is 0 Å². The molecule has 1 aromatic heterocycles. The summed E-state index contributed by atoms with van der Waals surface area (Å²) in [7, 11) is 1.58. The molecular formula is C16H20N4O3. The number of methoxy groups -OCH3 is 1. The maximum Gasteiger partial charge on any atom is 0.276 e. The van der Waals surface area contributed by atoms with Gasteiger partial charge in [-0.1, -0.05) is 0 Å². The van der Waals surface area contributed by atoms with Gasteiger partial charge in [-0.3, -0.25) is 9.89 Å². The Morgan fingerprint density at radius 3 is 3.04 bits per heavy atom. The molecule has 0 radical (unpaired) electrons. The van der Waals surface area contributed by atoms with E-state index < -0.39 is 0 Å². The van der Waals surface area contributed by atoms with Gasteiger partial charge in [0.15, 0.2) is 17.2 Å². The second-order valence-corrected chi connectivity index (χ2v) is 5.21. The van der Waals surface area contributed by atoms with Crippen LogP contribution in [0, 0.1) is 0 Å². The van der Waals surface area contributed by atoms with E-state index in [0.29, 0.717) is 36.0 Å². The van der Waals surface area contributed by atoms with Crippen molar-refractivity contribution in [3.63, 3.8) is 0 Å². The van der Waals surface area contributed by atoms with Crippen molar-refractivity contribution in [3.8, 4) is 11.5 Å². The van der Waals surface area contributed by atoms with Crippen LogP contribution in [0.15, 0.2) is 18.2 Å². The third kappa shape index (κ3) is 3.14. The minimum Gasteiger partial charge on any atom is -0.493 e. The summed E-state index contributed by atoms with van der Waals surface area (Å²) in [6.45, 7) is 3.97. The molecule has 1 aliphatic heterocycles. The minimum atomic E-state index is -0.237. The number of ether oxygens (including phenoxy) is 2. The number of benzene rings is 1. The second-order valence-electron chi connectivity index (χ2n) is 5.21. The number of aromatic amines is 1. The van der Waals surface area contributed by atoms with Gasteiger partial charge in [0, 0.05) is 42.5 Å². The standard InChI is InChI=1S/C16H20N4O3/c1-3-23-14-8-10(4-5-13(14)22-2)18-16(21)15-11-9-17-7-6-12(11)19-20-15/h4-5,8,17H,3,6-7,9H2,1-2H3,(H,18,21)(H,19,20). The number of anilines is 1. The van der Waals surface area contributed by atoms with E-state index in [9.17, 15) is 4.79 Å². The monoisotopic (exact) mass is 316 g/mol. The average molecular weight is 316 g/mol. The van der Waals surface area contributed by atoms with Gasteiger partial charge in [0.25, 0.3) is 5.91 Å². The van der Waals surface area contributed by atoms with Crippen molar-refractivity contribution in [1.29, 1.82) is 0 Å². The summed E-state index contributed by atoms with van der Waals surface area (Å²) in [5.41, 5.74) is 3.03. The summed E-state index contributed by atoms with van der Waals surface area (Å²) in [4.78, 5) is 12.5. The van der Waals surface area contributed by atoms with E-state index in [1.165, 1.54) is 0 Å². The normalized spacial score (nSPS) is 13.3. The number of rotatable bonds is 5. The zero-order valence-corrected chi connectivity index (χ0v) is 13.2. The number of hydrogen-bond donors (Lipinski definition) is 3. The van der Waals surface area contributed by atoms with E-state index in [1.807, 2.05) is 6.92 Å². The number of hydrogen-bond acceptors (Lipinski definition) is 5. The highest BCUT2D eigenvalue weighted by atomic mass is 16.5. The predicted octanol–water partition coefficient (Wildman–Crippen LogP) is 1.71. The Hall–Kier alpha value is -2.54. The van der Waals surface area contributed by atoms with Crippen LogP contribution in [0.5, 0.6) is 11.5 Å². The van der Waals surface area contributed by atoms with E-state index in [2.05, 4.69) is 20.8 Å². The SMILES string of the molecule is CCOc1cc(NC(=O)c2n[nH]c3c2CNCC3)ccc1OC. The number of carbonyl (C=O) groups is 1. The lowest BCUT2D eigenvalue weighted by Crippen LogP contribution is -2.25. The first-order chi connectivity index (χ1) is 11.2. The van der Waals surface area contributed by atoms with Crippen molar-refractivity contribution in [2.75, 3.05) is 25.6 Å². The molecule has 2 heterocycles. The molecule has 23 heavy (non-hydrogen) atoms. The van der Waals surface area contributed by atoms with Crippen molar-refractivity contribution >= 4 is 11.6 Å². The fourth-order valence-corrected chi connectivity index (χ4v) is 2.63. The Bertz CT molecular complexity index is 711. The molecule has 0 bridgehead atoms.